The van der Waals surface area contributed by atoms with E-state index in [1.165, 1.54) is 24.3 Å². The number of benzene rings is 1. The lowest BCUT2D eigenvalue weighted by atomic mass is 10.1. The van der Waals surface area contributed by atoms with Crippen molar-refractivity contribution in [1.82, 2.24) is 16.0 Å². The number of amides is 2. The van der Waals surface area contributed by atoms with Crippen molar-refractivity contribution < 1.29 is 14.5 Å². The second kappa shape index (κ2) is 10.2. The van der Waals surface area contributed by atoms with Crippen LogP contribution in [0, 0.1) is 15.5 Å². The summed E-state index contributed by atoms with van der Waals surface area (Å²) in [5.41, 5.74) is 5.56. The molecule has 0 bridgehead atoms. The third-order valence-electron chi connectivity index (χ3n) is 4.34. The molecule has 0 aliphatic carbocycles. The van der Waals surface area contributed by atoms with Gasteiger partial charge in [-0.15, -0.1) is 0 Å². The highest BCUT2D eigenvalue weighted by atomic mass is 16.6. The molecule has 0 unspecified atom stereocenters. The Hall–Kier alpha value is -3.21. The van der Waals surface area contributed by atoms with Gasteiger partial charge in [0.05, 0.1) is 11.0 Å². The summed E-state index contributed by atoms with van der Waals surface area (Å²) < 4.78 is 0. The smallest absolute Gasteiger partial charge is 0.269 e. The SMILES string of the molecule is N=C(N)NCCC[C@H](NC(=O)[C@@H]1CCCN1)C(=O)Nc1ccc([N+](=O)[O-])cc1. The van der Waals surface area contributed by atoms with Crippen molar-refractivity contribution in [3.05, 3.63) is 34.4 Å². The Labute approximate surface area is 162 Å². The largest absolute Gasteiger partial charge is 0.370 e. The van der Waals surface area contributed by atoms with Gasteiger partial charge in [-0.3, -0.25) is 25.1 Å². The second-order valence-electron chi connectivity index (χ2n) is 6.49. The zero-order valence-corrected chi connectivity index (χ0v) is 15.4. The Morgan fingerprint density at radius 1 is 1.36 bits per heavy atom. The predicted octanol–water partition coefficient (Wildman–Crippen LogP) is 0.0334. The van der Waals surface area contributed by atoms with Crippen LogP contribution in [0.2, 0.25) is 0 Å². The van der Waals surface area contributed by atoms with Crippen LogP contribution in [0.5, 0.6) is 0 Å². The lowest BCUT2D eigenvalue weighted by molar-refractivity contribution is -0.384. The van der Waals surface area contributed by atoms with E-state index in [0.717, 1.165) is 13.0 Å². The molecule has 0 aromatic heterocycles. The van der Waals surface area contributed by atoms with Crippen molar-refractivity contribution >= 4 is 29.1 Å². The number of hydrogen-bond donors (Lipinski definition) is 6. The molecule has 1 aromatic rings. The first-order valence-corrected chi connectivity index (χ1v) is 9.04. The molecule has 0 spiro atoms. The fraction of sp³-hybridized carbons (Fsp3) is 0.471. The summed E-state index contributed by atoms with van der Waals surface area (Å²) in [5.74, 6) is -0.810. The molecule has 2 rings (SSSR count). The van der Waals surface area contributed by atoms with E-state index in [2.05, 4.69) is 21.3 Å². The van der Waals surface area contributed by atoms with Crippen molar-refractivity contribution in [3.63, 3.8) is 0 Å². The van der Waals surface area contributed by atoms with E-state index in [0.29, 0.717) is 31.5 Å². The van der Waals surface area contributed by atoms with Gasteiger partial charge in [0.1, 0.15) is 6.04 Å². The standard InChI is InChI=1S/C17H25N7O4/c18-17(19)21-10-2-4-14(23-15(25)13-3-1-9-20-13)16(26)22-11-5-7-12(8-6-11)24(27)28/h5-8,13-14,20H,1-4,9-10H2,(H,22,26)(H,23,25)(H4,18,19,21)/t13-,14-/m0/s1. The summed E-state index contributed by atoms with van der Waals surface area (Å²) in [6, 6.07) is 4.37. The van der Waals surface area contributed by atoms with Crippen LogP contribution >= 0.6 is 0 Å². The Morgan fingerprint density at radius 2 is 2.07 bits per heavy atom. The van der Waals surface area contributed by atoms with Gasteiger partial charge in [0.2, 0.25) is 11.8 Å². The summed E-state index contributed by atoms with van der Waals surface area (Å²) in [6.07, 6.45) is 2.47. The number of guanidine groups is 1. The van der Waals surface area contributed by atoms with Crippen molar-refractivity contribution in [2.45, 2.75) is 37.8 Å². The van der Waals surface area contributed by atoms with Crippen LogP contribution in [-0.2, 0) is 9.59 Å². The van der Waals surface area contributed by atoms with Gasteiger partial charge in [0.25, 0.3) is 5.69 Å². The Morgan fingerprint density at radius 3 is 2.64 bits per heavy atom. The predicted molar refractivity (Wildman–Crippen MR) is 104 cm³/mol. The van der Waals surface area contributed by atoms with Gasteiger partial charge in [-0.2, -0.15) is 0 Å². The van der Waals surface area contributed by atoms with Crippen LogP contribution in [0.4, 0.5) is 11.4 Å². The number of nitro benzene ring substituents is 1. The zero-order chi connectivity index (χ0) is 20.5. The van der Waals surface area contributed by atoms with Crippen molar-refractivity contribution in [2.24, 2.45) is 5.73 Å². The number of non-ortho nitro benzene ring substituents is 1. The molecule has 1 aromatic carbocycles. The van der Waals surface area contributed by atoms with Gasteiger partial charge in [0.15, 0.2) is 5.96 Å². The number of carbonyl (C=O) groups excluding carboxylic acids is 2. The van der Waals surface area contributed by atoms with Crippen molar-refractivity contribution in [3.8, 4) is 0 Å². The van der Waals surface area contributed by atoms with E-state index < -0.39 is 16.9 Å². The molecule has 11 nitrogen and oxygen atoms in total. The molecule has 28 heavy (non-hydrogen) atoms. The maximum absolute atomic E-state index is 12.6. The van der Waals surface area contributed by atoms with Crippen LogP contribution in [0.15, 0.2) is 24.3 Å². The number of carbonyl (C=O) groups is 2. The first kappa shape index (κ1) is 21.1. The highest BCUT2D eigenvalue weighted by Gasteiger charge is 2.27. The highest BCUT2D eigenvalue weighted by Crippen LogP contribution is 2.16. The summed E-state index contributed by atoms with van der Waals surface area (Å²) in [5, 5.41) is 29.0. The number of hydrogen-bond acceptors (Lipinski definition) is 6. The maximum atomic E-state index is 12.6. The molecule has 1 aliphatic heterocycles. The third-order valence-corrected chi connectivity index (χ3v) is 4.34. The second-order valence-corrected chi connectivity index (χ2v) is 6.49. The van der Waals surface area contributed by atoms with Crippen molar-refractivity contribution in [1.29, 1.82) is 5.41 Å². The Bertz CT molecular complexity index is 717. The van der Waals surface area contributed by atoms with Gasteiger partial charge in [-0.05, 0) is 44.4 Å². The monoisotopic (exact) mass is 391 g/mol. The molecule has 11 heteroatoms. The molecule has 1 heterocycles. The zero-order valence-electron chi connectivity index (χ0n) is 15.4. The molecule has 1 aliphatic rings. The lowest BCUT2D eigenvalue weighted by Gasteiger charge is -2.21. The molecule has 2 amide bonds. The fourth-order valence-electron chi connectivity index (χ4n) is 2.87. The van der Waals surface area contributed by atoms with E-state index in [1.54, 1.807) is 0 Å². The fourth-order valence-corrected chi connectivity index (χ4v) is 2.87. The first-order valence-electron chi connectivity index (χ1n) is 9.04. The van der Waals surface area contributed by atoms with E-state index in [-0.39, 0.29) is 23.6 Å². The summed E-state index contributed by atoms with van der Waals surface area (Å²) in [7, 11) is 0. The minimum Gasteiger partial charge on any atom is -0.370 e. The number of nitrogens with two attached hydrogens (primary N) is 1. The summed E-state index contributed by atoms with van der Waals surface area (Å²) in [4.78, 5) is 35.2. The molecule has 0 radical (unpaired) electrons. The number of anilines is 1. The van der Waals surface area contributed by atoms with Crippen LogP contribution in [0.1, 0.15) is 25.7 Å². The molecule has 7 N–H and O–H groups in total. The normalized spacial score (nSPS) is 16.8. The molecule has 1 fully saturated rings. The van der Waals surface area contributed by atoms with Crippen molar-refractivity contribution in [2.75, 3.05) is 18.4 Å². The average molecular weight is 391 g/mol. The molecule has 152 valence electrons. The number of rotatable bonds is 9. The van der Waals surface area contributed by atoms with E-state index >= 15 is 0 Å². The van der Waals surface area contributed by atoms with Crippen LogP contribution in [0.25, 0.3) is 0 Å². The minimum atomic E-state index is -0.779. The number of nitrogens with one attached hydrogen (secondary N) is 5. The Balaban J connectivity index is 1.98. The van der Waals surface area contributed by atoms with Gasteiger partial charge in [-0.1, -0.05) is 0 Å². The highest BCUT2D eigenvalue weighted by molar-refractivity contribution is 5.97. The van der Waals surface area contributed by atoms with Gasteiger partial charge in [-0.25, -0.2) is 0 Å². The van der Waals surface area contributed by atoms with Gasteiger partial charge < -0.3 is 27.0 Å². The minimum absolute atomic E-state index is 0.0783. The lowest BCUT2D eigenvalue weighted by Crippen LogP contribution is -2.50. The van der Waals surface area contributed by atoms with Crippen LogP contribution in [0.3, 0.4) is 0 Å². The topological polar surface area (TPSA) is 175 Å². The third kappa shape index (κ3) is 6.50. The van der Waals surface area contributed by atoms with E-state index in [1.807, 2.05) is 0 Å². The van der Waals surface area contributed by atoms with E-state index in [4.69, 9.17) is 11.1 Å². The van der Waals surface area contributed by atoms with Crippen LogP contribution < -0.4 is 27.0 Å². The summed E-state index contributed by atoms with van der Waals surface area (Å²) >= 11 is 0. The first-order chi connectivity index (χ1) is 13.4. The maximum Gasteiger partial charge on any atom is 0.269 e. The number of nitro groups is 1. The van der Waals surface area contributed by atoms with Gasteiger partial charge >= 0.3 is 0 Å². The molecule has 2 atom stereocenters. The molecule has 1 saturated heterocycles. The summed E-state index contributed by atoms with van der Waals surface area (Å²) in [6.45, 7) is 1.16. The Kier molecular flexibility index (Phi) is 7.69. The quantitative estimate of drug-likeness (QED) is 0.113. The average Bonchev–Trinajstić information content (AvgIpc) is 3.19. The van der Waals surface area contributed by atoms with Crippen LogP contribution in [-0.4, -0.2) is 47.9 Å². The number of nitrogens with zero attached hydrogens (tertiary/aromatic N) is 1. The van der Waals surface area contributed by atoms with Gasteiger partial charge in [0, 0.05) is 24.4 Å². The molecular weight excluding hydrogens is 366 g/mol. The molecular formula is C17H25N7O4. The molecule has 0 saturated carbocycles. The van der Waals surface area contributed by atoms with E-state index in [9.17, 15) is 19.7 Å².